The van der Waals surface area contributed by atoms with Gasteiger partial charge >= 0.3 is 0 Å². The van der Waals surface area contributed by atoms with Crippen LogP contribution < -0.4 is 5.32 Å². The number of rotatable bonds is 17. The summed E-state index contributed by atoms with van der Waals surface area (Å²) >= 11 is 0. The highest BCUT2D eigenvalue weighted by molar-refractivity contribution is 8.76. The molecule has 0 saturated carbocycles. The Morgan fingerprint density at radius 1 is 1.00 bits per heavy atom. The van der Waals surface area contributed by atoms with Gasteiger partial charge in [0.25, 0.3) is 0 Å². The number of hydrogen-bond donors (Lipinski definition) is 3. The van der Waals surface area contributed by atoms with Gasteiger partial charge in [0.05, 0.1) is 33.0 Å². The molecule has 0 aliphatic heterocycles. The summed E-state index contributed by atoms with van der Waals surface area (Å²) in [4.78, 5) is 11.9. The second kappa shape index (κ2) is 15.9. The van der Waals surface area contributed by atoms with Crippen molar-refractivity contribution < 1.29 is 24.5 Å². The summed E-state index contributed by atoms with van der Waals surface area (Å²) in [6.07, 6.45) is 5.13. The topological polar surface area (TPSA) is 88.0 Å². The molecule has 0 saturated heterocycles. The molecule has 1 amide bonds. The fourth-order valence-electron chi connectivity index (χ4n) is 2.90. The maximum atomic E-state index is 11.9. The Hall–Kier alpha value is -0.770. The van der Waals surface area contributed by atoms with E-state index >= 15 is 0 Å². The summed E-state index contributed by atoms with van der Waals surface area (Å²) in [5, 5.41) is 21.4. The van der Waals surface area contributed by atoms with Gasteiger partial charge in [-0.15, -0.1) is 0 Å². The van der Waals surface area contributed by atoms with E-state index in [1.54, 1.807) is 21.6 Å². The minimum atomic E-state index is -0.0236. The van der Waals surface area contributed by atoms with E-state index in [2.05, 4.69) is 25.4 Å². The first kappa shape index (κ1) is 27.3. The zero-order valence-corrected chi connectivity index (χ0v) is 20.1. The summed E-state index contributed by atoms with van der Waals surface area (Å²) in [7, 11) is 3.53. The summed E-state index contributed by atoms with van der Waals surface area (Å²) in [6, 6.07) is 5.73. The third-order valence-corrected chi connectivity index (χ3v) is 7.11. The predicted molar refractivity (Wildman–Crippen MR) is 126 cm³/mol. The lowest BCUT2D eigenvalue weighted by molar-refractivity contribution is -0.121. The van der Waals surface area contributed by atoms with E-state index < -0.39 is 0 Å². The Kier molecular flexibility index (Phi) is 14.5. The van der Waals surface area contributed by atoms with Gasteiger partial charge in [0.1, 0.15) is 0 Å². The van der Waals surface area contributed by atoms with Crippen molar-refractivity contribution in [3.8, 4) is 0 Å². The predicted octanol–water partition coefficient (Wildman–Crippen LogP) is 3.32. The third kappa shape index (κ3) is 12.8. The Morgan fingerprint density at radius 2 is 1.60 bits per heavy atom. The molecule has 6 nitrogen and oxygen atoms in total. The first-order valence-electron chi connectivity index (χ1n) is 10.4. The molecule has 3 N–H and O–H groups in total. The Bertz CT molecular complexity index is 591. The molecular formula is C22H37NO5S2. The van der Waals surface area contributed by atoms with Crippen molar-refractivity contribution in [3.05, 3.63) is 34.9 Å². The maximum absolute atomic E-state index is 11.9. The van der Waals surface area contributed by atoms with E-state index in [0.29, 0.717) is 39.4 Å². The molecule has 172 valence electrons. The van der Waals surface area contributed by atoms with E-state index in [1.807, 2.05) is 18.2 Å². The lowest BCUT2D eigenvalue weighted by Crippen LogP contribution is -2.29. The molecule has 1 aromatic rings. The number of carbonyl (C=O) groups is 1. The zero-order valence-electron chi connectivity index (χ0n) is 18.4. The SMILES string of the molecule is CSSC(C)(C)CCC(=O)NCCOCCOCCCc1cc(CO)cc(CO)c1. The number of aryl methyl sites for hydroxylation is 1. The monoisotopic (exact) mass is 459 g/mol. The minimum absolute atomic E-state index is 0.0236. The molecule has 0 fully saturated rings. The third-order valence-electron chi connectivity index (χ3n) is 4.44. The van der Waals surface area contributed by atoms with Gasteiger partial charge in [0.15, 0.2) is 0 Å². The summed E-state index contributed by atoms with van der Waals surface area (Å²) in [5.74, 6) is 0.0688. The Morgan fingerprint density at radius 3 is 2.20 bits per heavy atom. The molecule has 0 heterocycles. The van der Waals surface area contributed by atoms with Crippen molar-refractivity contribution in [1.82, 2.24) is 5.32 Å². The fraction of sp³-hybridized carbons (Fsp3) is 0.682. The molecule has 0 bridgehead atoms. The molecule has 1 rings (SSSR count). The molecular weight excluding hydrogens is 422 g/mol. The second-order valence-corrected chi connectivity index (χ2v) is 10.8. The van der Waals surface area contributed by atoms with Gasteiger partial charge < -0.3 is 25.0 Å². The molecule has 0 unspecified atom stereocenters. The van der Waals surface area contributed by atoms with Crippen molar-refractivity contribution >= 4 is 27.5 Å². The average molecular weight is 460 g/mol. The normalized spacial score (nSPS) is 11.6. The van der Waals surface area contributed by atoms with Gasteiger partial charge in [0.2, 0.25) is 5.91 Å². The Labute approximate surface area is 188 Å². The summed E-state index contributed by atoms with van der Waals surface area (Å²) in [5.41, 5.74) is 2.73. The molecule has 1 aromatic carbocycles. The molecule has 30 heavy (non-hydrogen) atoms. The number of hydrogen-bond acceptors (Lipinski definition) is 7. The molecule has 8 heteroatoms. The van der Waals surface area contributed by atoms with E-state index in [0.717, 1.165) is 36.0 Å². The van der Waals surface area contributed by atoms with Crippen LogP contribution in [0.2, 0.25) is 0 Å². The number of amides is 1. The highest BCUT2D eigenvalue weighted by Crippen LogP contribution is 2.36. The Balaban J connectivity index is 2.01. The van der Waals surface area contributed by atoms with Crippen molar-refractivity contribution in [1.29, 1.82) is 0 Å². The smallest absolute Gasteiger partial charge is 0.220 e. The van der Waals surface area contributed by atoms with Crippen LogP contribution in [0, 0.1) is 0 Å². The van der Waals surface area contributed by atoms with Crippen molar-refractivity contribution in [2.75, 3.05) is 39.2 Å². The van der Waals surface area contributed by atoms with Gasteiger partial charge in [-0.25, -0.2) is 0 Å². The van der Waals surface area contributed by atoms with Gasteiger partial charge in [0, 0.05) is 24.3 Å². The molecule has 0 aliphatic rings. The summed E-state index contributed by atoms with van der Waals surface area (Å²) < 4.78 is 11.2. The van der Waals surface area contributed by atoms with Gasteiger partial charge in [-0.3, -0.25) is 4.79 Å². The first-order valence-corrected chi connectivity index (χ1v) is 12.9. The van der Waals surface area contributed by atoms with E-state index in [1.165, 1.54) is 0 Å². The number of aliphatic hydroxyl groups excluding tert-OH is 2. The minimum Gasteiger partial charge on any atom is -0.392 e. The number of benzene rings is 1. The summed E-state index contributed by atoms with van der Waals surface area (Å²) in [6.45, 7) is 6.91. The van der Waals surface area contributed by atoms with Crippen molar-refractivity contribution in [2.45, 2.75) is 57.5 Å². The first-order chi connectivity index (χ1) is 14.4. The number of ether oxygens (including phenoxy) is 2. The molecule has 0 spiro atoms. The fourth-order valence-corrected chi connectivity index (χ4v) is 5.14. The van der Waals surface area contributed by atoms with Crippen molar-refractivity contribution in [2.24, 2.45) is 0 Å². The molecule has 0 aromatic heterocycles. The van der Waals surface area contributed by atoms with E-state index in [-0.39, 0.29) is 23.9 Å². The van der Waals surface area contributed by atoms with Gasteiger partial charge in [-0.2, -0.15) is 0 Å². The molecule has 0 aliphatic carbocycles. The van der Waals surface area contributed by atoms with Crippen LogP contribution in [0.4, 0.5) is 0 Å². The van der Waals surface area contributed by atoms with E-state index in [9.17, 15) is 15.0 Å². The van der Waals surface area contributed by atoms with Crippen LogP contribution in [0.5, 0.6) is 0 Å². The highest BCUT2D eigenvalue weighted by atomic mass is 33.1. The lowest BCUT2D eigenvalue weighted by Gasteiger charge is -2.21. The lowest BCUT2D eigenvalue weighted by atomic mass is 10.0. The molecule has 0 atom stereocenters. The highest BCUT2D eigenvalue weighted by Gasteiger charge is 2.19. The van der Waals surface area contributed by atoms with Crippen LogP contribution in [-0.2, 0) is 33.9 Å². The van der Waals surface area contributed by atoms with Crippen LogP contribution in [0.3, 0.4) is 0 Å². The number of carbonyl (C=O) groups excluding carboxylic acids is 1. The zero-order chi connectivity index (χ0) is 22.2. The standard InChI is InChI=1S/C22H37NO5S2/c1-22(2,30-29-3)7-6-21(26)23-8-10-28-12-11-27-9-4-5-18-13-19(16-24)15-20(14-18)17-25/h13-15,24-25H,4-12,16-17H2,1-3H3,(H,23,26). The average Bonchev–Trinajstić information content (AvgIpc) is 2.73. The maximum Gasteiger partial charge on any atom is 0.220 e. The quantitative estimate of drug-likeness (QED) is 0.243. The second-order valence-electron chi connectivity index (χ2n) is 7.66. The van der Waals surface area contributed by atoms with Crippen LogP contribution in [0.1, 0.15) is 49.8 Å². The van der Waals surface area contributed by atoms with E-state index in [4.69, 9.17) is 9.47 Å². The van der Waals surface area contributed by atoms with Gasteiger partial charge in [-0.05, 0) is 56.1 Å². The molecule has 0 radical (unpaired) electrons. The number of aliphatic hydroxyl groups is 2. The van der Waals surface area contributed by atoms with Crippen LogP contribution in [0.25, 0.3) is 0 Å². The van der Waals surface area contributed by atoms with Crippen LogP contribution >= 0.6 is 21.6 Å². The van der Waals surface area contributed by atoms with Crippen LogP contribution in [-0.4, -0.2) is 60.1 Å². The van der Waals surface area contributed by atoms with Crippen molar-refractivity contribution in [3.63, 3.8) is 0 Å². The van der Waals surface area contributed by atoms with Gasteiger partial charge in [-0.1, -0.05) is 39.8 Å². The largest absolute Gasteiger partial charge is 0.392 e. The number of nitrogens with one attached hydrogen (secondary N) is 1. The van der Waals surface area contributed by atoms with Crippen LogP contribution in [0.15, 0.2) is 18.2 Å².